The first-order valence-corrected chi connectivity index (χ1v) is 35.0. The number of phenols is 1. The minimum absolute atomic E-state index is 0. The molecule has 1 N–H and O–H groups in total. The van der Waals surface area contributed by atoms with Gasteiger partial charge in [0.1, 0.15) is 54.3 Å². The average molecular weight is 1430 g/mol. The van der Waals surface area contributed by atoms with Crippen LogP contribution in [-0.2, 0) is 60.8 Å². The summed E-state index contributed by atoms with van der Waals surface area (Å²) in [4.78, 5) is 60.2. The van der Waals surface area contributed by atoms with Crippen LogP contribution in [0.15, 0.2) is 92.0 Å². The van der Waals surface area contributed by atoms with E-state index in [4.69, 9.17) is 70.6 Å². The normalized spacial score (nSPS) is 22.5. The van der Waals surface area contributed by atoms with Gasteiger partial charge in [0.05, 0.1) is 50.5 Å². The Balaban J connectivity index is 0.000000197. The summed E-state index contributed by atoms with van der Waals surface area (Å²) in [5.41, 5.74) is 12.1. The number of hydrogen-bond donors (Lipinski definition) is 1. The molecule has 21 nitrogen and oxygen atoms in total. The van der Waals surface area contributed by atoms with Crippen molar-refractivity contribution >= 4 is 47.1 Å². The second kappa shape index (κ2) is 32.5. The lowest BCUT2D eigenvalue weighted by atomic mass is 9.71. The highest BCUT2D eigenvalue weighted by Gasteiger charge is 2.59. The van der Waals surface area contributed by atoms with Crippen molar-refractivity contribution < 1.29 is 71.7 Å². The number of carbonyl (C=O) groups is 4. The Morgan fingerprint density at radius 2 is 0.971 bits per heavy atom. The molecule has 0 aliphatic carbocycles. The SMILES string of the molecule is C.C=C.CCCC(=O)OC[C@H]1c2c(c(OC(=O)CCl)c(C)c3c2OCO3)CC2[C@H]3c4c(cc(C)c(OC)c4C)C[C@@H]([C@H](C#N)N21)N3C.COc1c(C)cc2c(c1O)[C@@H]1C3Cc4c(OC(=O)CCl)c(C)c5c(c4[C@H](COC(=O)CCc4ccccc4)N3[C@@H](C#N)[C@H](C2)N1C)OCO5.c1ccccc1. The number of methoxy groups -OCH3 is 2. The van der Waals surface area contributed by atoms with Crippen LogP contribution in [0.4, 0.5) is 0 Å². The Labute approximate surface area is 607 Å². The van der Waals surface area contributed by atoms with Crippen LogP contribution in [0.2, 0.25) is 0 Å². The summed E-state index contributed by atoms with van der Waals surface area (Å²) >= 11 is 11.8. The number of aryl methyl sites for hydroxylation is 3. The highest BCUT2D eigenvalue weighted by molar-refractivity contribution is 6.27. The zero-order valence-electron chi connectivity index (χ0n) is 58.7. The number of nitriles is 2. The molecule has 14 rings (SSSR count). The first kappa shape index (κ1) is 75.6. The fourth-order valence-corrected chi connectivity index (χ4v) is 17.0. The van der Waals surface area contributed by atoms with Crippen molar-refractivity contribution in [1.29, 1.82) is 10.5 Å². The standard InChI is InChI=1S/C37H38ClN3O8.C33H38ClN3O7.C6H6.C2H4.CH4/c1-19-12-22-13-24-26(16-39)41-25(32(40(24)3)30(22)33(44)34(19)45-4)14-23-31(27(41)17-46-28(42)11-10-21-8-6-5-7-9-21)37-36(47-18-48-37)20(2)35(23)49-29(43)15-38;1-7-8-25(38)41-14-24-28-20(31(44-26(39)12-34)18(4)32-33(28)43-15-42-32)11-22-29-27-17(3)30(40-6)16(2)9-19(27)10-21(36(29)5)23(13-35)37(22)24;1-2-4-6-5-3-1;1-2;/h5-9,12,24-27,32,44H,10-11,13-15,17-18H2,1-4H3;9,21-24,29H,7-8,10-12,14-15H2,1-6H3;1-6H;1-2H2;1H4/t24-,25?,26-,27-,32-;21-,22?,23-,24-,29-;;;/m00.../s1. The number of phenolic OH excluding ortho intramolecular Hbond substituents is 1. The minimum Gasteiger partial charge on any atom is -0.504 e. The number of rotatable bonds is 15. The lowest BCUT2D eigenvalue weighted by Gasteiger charge is -2.60. The number of halogens is 2. The topological polar surface area (TPSA) is 241 Å². The molecule has 10 atom stereocenters. The van der Waals surface area contributed by atoms with Gasteiger partial charge in [0.25, 0.3) is 0 Å². The first-order valence-electron chi connectivity index (χ1n) is 34.0. The van der Waals surface area contributed by atoms with Gasteiger partial charge < -0.3 is 52.5 Å². The molecule has 4 bridgehead atoms. The van der Waals surface area contributed by atoms with Gasteiger partial charge in [-0.1, -0.05) is 93.2 Å². The number of fused-ring (bicyclic) bond motifs is 18. The van der Waals surface area contributed by atoms with Crippen molar-refractivity contribution in [2.45, 2.75) is 161 Å². The second-order valence-corrected chi connectivity index (χ2v) is 26.8. The molecule has 8 aliphatic heterocycles. The van der Waals surface area contributed by atoms with Crippen LogP contribution in [-0.4, -0.2) is 152 Å². The molecule has 0 saturated carbocycles. The number of piperazine rings is 2. The average Bonchev–Trinajstić information content (AvgIpc) is 0.907. The molecule has 2 fully saturated rings. The Kier molecular flexibility index (Phi) is 24.1. The molecule has 0 amide bonds. The largest absolute Gasteiger partial charge is 0.504 e. The summed E-state index contributed by atoms with van der Waals surface area (Å²) in [6.07, 6.45) is 3.62. The molecule has 6 aromatic rings. The van der Waals surface area contributed by atoms with Crippen LogP contribution in [0.1, 0.15) is 136 Å². The van der Waals surface area contributed by atoms with E-state index in [-0.39, 0.29) is 107 Å². The fourth-order valence-electron chi connectivity index (χ4n) is 16.8. The molecule has 2 saturated heterocycles. The van der Waals surface area contributed by atoms with E-state index in [1.165, 1.54) is 18.2 Å². The number of likely N-dealkylation sites (N-methyl/N-ethyl adjacent to an activating group) is 2. The van der Waals surface area contributed by atoms with Crippen LogP contribution < -0.4 is 37.9 Å². The number of alkyl halides is 2. The van der Waals surface area contributed by atoms with Crippen LogP contribution in [0.25, 0.3) is 0 Å². The Bertz CT molecular complexity index is 4200. The van der Waals surface area contributed by atoms with Crippen molar-refractivity contribution in [2.75, 3.05) is 66.9 Å². The third-order valence-electron chi connectivity index (χ3n) is 20.8. The van der Waals surface area contributed by atoms with E-state index in [1.807, 2.05) is 101 Å². The number of nitrogens with zero attached hydrogens (tertiary/aromatic N) is 6. The van der Waals surface area contributed by atoms with E-state index in [2.05, 4.69) is 71.9 Å². The smallest absolute Gasteiger partial charge is 0.326 e. The molecule has 6 aromatic carbocycles. The van der Waals surface area contributed by atoms with E-state index in [0.29, 0.717) is 101 Å². The van der Waals surface area contributed by atoms with E-state index < -0.39 is 42.1 Å². The fraction of sp³-hybridized carbons (Fsp3) is 0.443. The number of ether oxygens (including phenoxy) is 10. The van der Waals surface area contributed by atoms with E-state index in [1.54, 1.807) is 14.0 Å². The highest BCUT2D eigenvalue weighted by atomic mass is 35.5. The predicted octanol–water partition coefficient (Wildman–Crippen LogP) is 12.6. The molecule has 2 unspecified atom stereocenters. The molecule has 0 spiro atoms. The van der Waals surface area contributed by atoms with Crippen LogP contribution in [0, 0.1) is 57.3 Å². The van der Waals surface area contributed by atoms with Crippen LogP contribution >= 0.6 is 23.2 Å². The Hall–Kier alpha value is -9.06. The summed E-state index contributed by atoms with van der Waals surface area (Å²) in [6, 6.07) is 27.3. The maximum atomic E-state index is 13.3. The third kappa shape index (κ3) is 13.8. The molecular weight excluding hydrogens is 1340 g/mol. The summed E-state index contributed by atoms with van der Waals surface area (Å²) in [7, 11) is 7.27. The van der Waals surface area contributed by atoms with E-state index in [9.17, 15) is 34.8 Å². The summed E-state index contributed by atoms with van der Waals surface area (Å²) < 4.78 is 59.2. The van der Waals surface area contributed by atoms with Gasteiger partial charge >= 0.3 is 23.9 Å². The van der Waals surface area contributed by atoms with E-state index in [0.717, 1.165) is 50.3 Å². The summed E-state index contributed by atoms with van der Waals surface area (Å²) in [5.74, 6) is 1.35. The van der Waals surface area contributed by atoms with E-state index >= 15 is 0 Å². The number of benzene rings is 6. The number of carbonyl (C=O) groups excluding carboxylic acids is 4. The molecule has 102 heavy (non-hydrogen) atoms. The van der Waals surface area contributed by atoms with Gasteiger partial charge in [0, 0.05) is 76.0 Å². The number of esters is 4. The molecule has 0 radical (unpaired) electrons. The van der Waals surface area contributed by atoms with Crippen molar-refractivity contribution in [3.8, 4) is 63.9 Å². The molecule has 0 aromatic heterocycles. The third-order valence-corrected chi connectivity index (χ3v) is 21.3. The maximum absolute atomic E-state index is 13.3. The quantitative estimate of drug-likeness (QED) is 0.0435. The number of hydrogen-bond acceptors (Lipinski definition) is 21. The van der Waals surface area contributed by atoms with Gasteiger partial charge in [-0.3, -0.25) is 38.8 Å². The van der Waals surface area contributed by atoms with Crippen molar-refractivity contribution in [1.82, 2.24) is 19.6 Å². The van der Waals surface area contributed by atoms with Gasteiger partial charge in [0.2, 0.25) is 13.6 Å². The van der Waals surface area contributed by atoms with Crippen molar-refractivity contribution in [2.24, 2.45) is 0 Å². The van der Waals surface area contributed by atoms with Crippen LogP contribution in [0.3, 0.4) is 0 Å². The minimum atomic E-state index is -0.668. The van der Waals surface area contributed by atoms with Crippen LogP contribution in [0.5, 0.6) is 51.7 Å². The number of aromatic hydroxyl groups is 1. The maximum Gasteiger partial charge on any atom is 0.326 e. The summed E-state index contributed by atoms with van der Waals surface area (Å²) in [6.45, 7) is 17.5. The Morgan fingerprint density at radius 1 is 0.559 bits per heavy atom. The molecule has 540 valence electrons. The Morgan fingerprint density at radius 3 is 1.40 bits per heavy atom. The van der Waals surface area contributed by atoms with Crippen molar-refractivity contribution in [3.05, 3.63) is 170 Å². The second-order valence-electron chi connectivity index (χ2n) is 26.2. The molecule has 23 heteroatoms. The first-order chi connectivity index (χ1) is 48.8. The van der Waals surface area contributed by atoms with Gasteiger partial charge in [0.15, 0.2) is 34.5 Å². The van der Waals surface area contributed by atoms with Gasteiger partial charge in [-0.2, -0.15) is 10.5 Å². The van der Waals surface area contributed by atoms with Crippen molar-refractivity contribution in [3.63, 3.8) is 0 Å². The molecular formula is C79H90Cl2N6O15. The monoisotopic (exact) mass is 1430 g/mol. The summed E-state index contributed by atoms with van der Waals surface area (Å²) in [5, 5.41) is 33.3. The van der Waals surface area contributed by atoms with Gasteiger partial charge in [-0.05, 0) is 126 Å². The highest BCUT2D eigenvalue weighted by Crippen LogP contribution is 2.61. The predicted molar refractivity (Wildman–Crippen MR) is 384 cm³/mol. The zero-order valence-corrected chi connectivity index (χ0v) is 60.2. The lowest BCUT2D eigenvalue weighted by molar-refractivity contribution is -0.150. The van der Waals surface area contributed by atoms with Gasteiger partial charge in [-0.25, -0.2) is 0 Å². The molecule has 8 heterocycles. The van der Waals surface area contributed by atoms with Gasteiger partial charge in [-0.15, -0.1) is 36.4 Å². The molecule has 8 aliphatic rings. The zero-order chi connectivity index (χ0) is 72.2. The lowest BCUT2D eigenvalue weighted by Crippen LogP contribution is -2.68.